The Bertz CT molecular complexity index is 1390. The lowest BCUT2D eigenvalue weighted by atomic mass is 10.1. The van der Waals surface area contributed by atoms with E-state index in [1.165, 1.54) is 0 Å². The van der Waals surface area contributed by atoms with Gasteiger partial charge in [0.15, 0.2) is 0 Å². The molecule has 192 valence electrons. The maximum Gasteiger partial charge on any atom is 0.258 e. The Labute approximate surface area is 222 Å². The van der Waals surface area contributed by atoms with Gasteiger partial charge < -0.3 is 20.9 Å². The van der Waals surface area contributed by atoms with Crippen molar-refractivity contribution in [3.63, 3.8) is 0 Å². The lowest BCUT2D eigenvalue weighted by molar-refractivity contribution is -0.114. The molecule has 0 radical (unpaired) electrons. The van der Waals surface area contributed by atoms with Crippen LogP contribution in [0.1, 0.15) is 39.2 Å². The van der Waals surface area contributed by atoms with Gasteiger partial charge in [0, 0.05) is 35.2 Å². The third-order valence-corrected chi connectivity index (χ3v) is 6.09. The molecule has 3 amide bonds. The Morgan fingerprint density at radius 1 is 0.737 bits per heavy atom. The first-order valence-corrected chi connectivity index (χ1v) is 12.3. The SMILES string of the molecule is CC(NC(=O)c1ccc(NC(=O)CNc2cccc(C(=O)N(C)c3ccccc3)c2)cc1)c1ccccc1. The first-order chi connectivity index (χ1) is 18.4. The predicted molar refractivity (Wildman–Crippen MR) is 152 cm³/mol. The normalized spacial score (nSPS) is 11.2. The van der Waals surface area contributed by atoms with E-state index in [9.17, 15) is 14.4 Å². The molecule has 0 saturated carbocycles. The van der Waals surface area contributed by atoms with Gasteiger partial charge in [0.25, 0.3) is 11.8 Å². The average Bonchev–Trinajstić information content (AvgIpc) is 2.96. The van der Waals surface area contributed by atoms with Crippen LogP contribution in [0.2, 0.25) is 0 Å². The summed E-state index contributed by atoms with van der Waals surface area (Å²) in [6.07, 6.45) is 0. The smallest absolute Gasteiger partial charge is 0.258 e. The van der Waals surface area contributed by atoms with Crippen LogP contribution in [0.5, 0.6) is 0 Å². The van der Waals surface area contributed by atoms with Crippen molar-refractivity contribution in [2.24, 2.45) is 0 Å². The van der Waals surface area contributed by atoms with E-state index in [1.54, 1.807) is 60.5 Å². The van der Waals surface area contributed by atoms with Crippen LogP contribution < -0.4 is 20.9 Å². The van der Waals surface area contributed by atoms with Gasteiger partial charge in [-0.3, -0.25) is 14.4 Å². The van der Waals surface area contributed by atoms with Crippen molar-refractivity contribution in [2.45, 2.75) is 13.0 Å². The second kappa shape index (κ2) is 12.4. The van der Waals surface area contributed by atoms with Crippen molar-refractivity contribution in [3.05, 3.63) is 126 Å². The maximum absolute atomic E-state index is 12.9. The van der Waals surface area contributed by atoms with E-state index in [0.29, 0.717) is 22.5 Å². The molecule has 0 aliphatic heterocycles. The van der Waals surface area contributed by atoms with Crippen LogP contribution in [0.25, 0.3) is 0 Å². The van der Waals surface area contributed by atoms with Gasteiger partial charge in [-0.25, -0.2) is 0 Å². The van der Waals surface area contributed by atoms with Crippen molar-refractivity contribution in [3.8, 4) is 0 Å². The molecule has 1 atom stereocenters. The fourth-order valence-electron chi connectivity index (χ4n) is 3.92. The minimum absolute atomic E-state index is 0.0169. The molecule has 3 N–H and O–H groups in total. The fourth-order valence-corrected chi connectivity index (χ4v) is 3.92. The summed E-state index contributed by atoms with van der Waals surface area (Å²) in [5, 5.41) is 8.85. The lowest BCUT2D eigenvalue weighted by Gasteiger charge is -2.18. The molecule has 4 aromatic rings. The predicted octanol–water partition coefficient (Wildman–Crippen LogP) is 5.50. The summed E-state index contributed by atoms with van der Waals surface area (Å²) in [7, 11) is 1.73. The molecular weight excluding hydrogens is 476 g/mol. The van der Waals surface area contributed by atoms with E-state index in [0.717, 1.165) is 11.3 Å². The van der Waals surface area contributed by atoms with Crippen LogP contribution in [-0.4, -0.2) is 31.3 Å². The Balaban J connectivity index is 1.28. The van der Waals surface area contributed by atoms with Crippen molar-refractivity contribution in [1.29, 1.82) is 0 Å². The number of nitrogens with zero attached hydrogens (tertiary/aromatic N) is 1. The van der Waals surface area contributed by atoms with Gasteiger partial charge in [0.2, 0.25) is 5.91 Å². The number of rotatable bonds is 9. The number of nitrogens with one attached hydrogen (secondary N) is 3. The minimum Gasteiger partial charge on any atom is -0.376 e. The molecule has 0 aliphatic carbocycles. The summed E-state index contributed by atoms with van der Waals surface area (Å²) in [6, 6.07) is 32.8. The zero-order valence-electron chi connectivity index (χ0n) is 21.3. The summed E-state index contributed by atoms with van der Waals surface area (Å²) in [4.78, 5) is 39.5. The first-order valence-electron chi connectivity index (χ1n) is 12.3. The Kier molecular flexibility index (Phi) is 8.51. The highest BCUT2D eigenvalue weighted by Gasteiger charge is 2.14. The van der Waals surface area contributed by atoms with E-state index in [2.05, 4.69) is 16.0 Å². The van der Waals surface area contributed by atoms with Gasteiger partial charge in [-0.1, -0.05) is 54.6 Å². The fraction of sp³-hybridized carbons (Fsp3) is 0.129. The summed E-state index contributed by atoms with van der Waals surface area (Å²) >= 11 is 0. The highest BCUT2D eigenvalue weighted by molar-refractivity contribution is 6.06. The number of para-hydroxylation sites is 1. The third-order valence-electron chi connectivity index (χ3n) is 6.09. The summed E-state index contributed by atoms with van der Waals surface area (Å²) in [6.45, 7) is 1.95. The van der Waals surface area contributed by atoms with Crippen molar-refractivity contribution in [2.75, 3.05) is 29.1 Å². The molecule has 0 bridgehead atoms. The first kappa shape index (κ1) is 26.2. The zero-order chi connectivity index (χ0) is 26.9. The highest BCUT2D eigenvalue weighted by atomic mass is 16.2. The van der Waals surface area contributed by atoms with Crippen LogP contribution in [0, 0.1) is 0 Å². The molecule has 0 heterocycles. The van der Waals surface area contributed by atoms with Crippen LogP contribution in [0.15, 0.2) is 109 Å². The molecule has 4 rings (SSSR count). The molecule has 7 nitrogen and oxygen atoms in total. The number of amides is 3. The average molecular weight is 507 g/mol. The van der Waals surface area contributed by atoms with E-state index in [-0.39, 0.29) is 30.3 Å². The number of carbonyl (C=O) groups excluding carboxylic acids is 3. The van der Waals surface area contributed by atoms with E-state index >= 15 is 0 Å². The van der Waals surface area contributed by atoms with Crippen LogP contribution >= 0.6 is 0 Å². The molecular formula is C31H30N4O3. The molecule has 0 aromatic heterocycles. The van der Waals surface area contributed by atoms with Crippen molar-refractivity contribution >= 4 is 34.8 Å². The van der Waals surface area contributed by atoms with Crippen LogP contribution in [0.4, 0.5) is 17.1 Å². The number of hydrogen-bond acceptors (Lipinski definition) is 4. The third kappa shape index (κ3) is 6.85. The Morgan fingerprint density at radius 2 is 1.39 bits per heavy atom. The Hall–Kier alpha value is -4.91. The largest absolute Gasteiger partial charge is 0.376 e. The molecule has 0 saturated heterocycles. The standard InChI is InChI=1S/C31H30N4O3/c1-22(23-10-5-3-6-11-23)33-30(37)24-16-18-26(19-17-24)34-29(36)21-32-27-13-9-12-25(20-27)31(38)35(2)28-14-7-4-8-15-28/h3-20,22,32H,21H2,1-2H3,(H,33,37)(H,34,36). The number of hydrogen-bond donors (Lipinski definition) is 3. The van der Waals surface area contributed by atoms with Gasteiger partial charge in [-0.05, 0) is 67.1 Å². The molecule has 0 aliphatic rings. The van der Waals surface area contributed by atoms with Gasteiger partial charge in [0.05, 0.1) is 12.6 Å². The molecule has 4 aromatic carbocycles. The second-order valence-corrected chi connectivity index (χ2v) is 8.87. The zero-order valence-corrected chi connectivity index (χ0v) is 21.3. The van der Waals surface area contributed by atoms with Gasteiger partial charge in [-0.15, -0.1) is 0 Å². The van der Waals surface area contributed by atoms with E-state index in [4.69, 9.17) is 0 Å². The summed E-state index contributed by atoms with van der Waals surface area (Å²) in [5.41, 5.74) is 4.08. The Morgan fingerprint density at radius 3 is 2.08 bits per heavy atom. The molecule has 1 unspecified atom stereocenters. The lowest BCUT2D eigenvalue weighted by Crippen LogP contribution is -2.26. The van der Waals surface area contributed by atoms with Gasteiger partial charge >= 0.3 is 0 Å². The minimum atomic E-state index is -0.252. The van der Waals surface area contributed by atoms with E-state index < -0.39 is 0 Å². The topological polar surface area (TPSA) is 90.5 Å². The molecule has 38 heavy (non-hydrogen) atoms. The number of carbonyl (C=O) groups is 3. The van der Waals surface area contributed by atoms with E-state index in [1.807, 2.05) is 67.6 Å². The molecule has 7 heteroatoms. The second-order valence-electron chi connectivity index (χ2n) is 8.87. The maximum atomic E-state index is 12.9. The van der Waals surface area contributed by atoms with Crippen molar-refractivity contribution in [1.82, 2.24) is 5.32 Å². The number of benzene rings is 4. The summed E-state index contributed by atoms with van der Waals surface area (Å²) < 4.78 is 0. The van der Waals surface area contributed by atoms with Gasteiger partial charge in [-0.2, -0.15) is 0 Å². The van der Waals surface area contributed by atoms with Gasteiger partial charge in [0.1, 0.15) is 0 Å². The quantitative estimate of drug-likeness (QED) is 0.279. The summed E-state index contributed by atoms with van der Waals surface area (Å²) in [5.74, 6) is -0.585. The number of anilines is 3. The van der Waals surface area contributed by atoms with Crippen LogP contribution in [0.3, 0.4) is 0 Å². The molecule has 0 spiro atoms. The highest BCUT2D eigenvalue weighted by Crippen LogP contribution is 2.18. The molecule has 0 fully saturated rings. The van der Waals surface area contributed by atoms with Crippen LogP contribution in [-0.2, 0) is 4.79 Å². The monoisotopic (exact) mass is 506 g/mol. The van der Waals surface area contributed by atoms with Crippen molar-refractivity contribution < 1.29 is 14.4 Å².